The maximum Gasteiger partial charge on any atom is 0.303 e. The number of aliphatic carboxylic acids is 1. The van der Waals surface area contributed by atoms with Crippen molar-refractivity contribution in [2.24, 2.45) is 0 Å². The summed E-state index contributed by atoms with van der Waals surface area (Å²) in [5.74, 6) is -0.552. The number of hydrogen-bond donors (Lipinski definition) is 3. The second-order valence-electron chi connectivity index (χ2n) is 7.93. The first-order valence-corrected chi connectivity index (χ1v) is 10.9. The number of unbranched alkanes of at least 4 members (excludes halogenated alkanes) is 2. The van der Waals surface area contributed by atoms with Crippen molar-refractivity contribution in [1.82, 2.24) is 10.3 Å². The van der Waals surface area contributed by atoms with Gasteiger partial charge in [-0.25, -0.2) is 4.39 Å². The van der Waals surface area contributed by atoms with E-state index in [0.29, 0.717) is 42.8 Å². The van der Waals surface area contributed by atoms with Crippen LogP contribution in [0.15, 0.2) is 36.4 Å². The van der Waals surface area contributed by atoms with Gasteiger partial charge in [-0.2, -0.15) is 0 Å². The zero-order valence-electron chi connectivity index (χ0n) is 18.5. The highest BCUT2D eigenvalue weighted by molar-refractivity contribution is 5.94. The molecule has 6 nitrogen and oxygen atoms in total. The second-order valence-corrected chi connectivity index (χ2v) is 7.93. The number of H-pyrrole nitrogens is 1. The van der Waals surface area contributed by atoms with Crippen LogP contribution in [0.4, 0.5) is 4.39 Å². The summed E-state index contributed by atoms with van der Waals surface area (Å²) in [5.41, 5.74) is 3.99. The molecule has 0 unspecified atom stereocenters. The Hall–Kier alpha value is -3.35. The van der Waals surface area contributed by atoms with Gasteiger partial charge in [0.2, 0.25) is 0 Å². The summed E-state index contributed by atoms with van der Waals surface area (Å²) in [6.45, 7) is 4.82. The summed E-state index contributed by atoms with van der Waals surface area (Å²) in [5, 5.41) is 12.4. The van der Waals surface area contributed by atoms with Crippen LogP contribution >= 0.6 is 0 Å². The number of ether oxygens (including phenoxy) is 1. The molecule has 32 heavy (non-hydrogen) atoms. The summed E-state index contributed by atoms with van der Waals surface area (Å²) in [7, 11) is 0. The van der Waals surface area contributed by atoms with Gasteiger partial charge in [0, 0.05) is 29.6 Å². The van der Waals surface area contributed by atoms with Crippen molar-refractivity contribution in [2.75, 3.05) is 13.2 Å². The predicted molar refractivity (Wildman–Crippen MR) is 122 cm³/mol. The number of carboxylic acids is 1. The Balaban J connectivity index is 1.48. The number of carbonyl (C=O) groups excluding carboxylic acids is 1. The first-order valence-electron chi connectivity index (χ1n) is 10.9. The van der Waals surface area contributed by atoms with Crippen LogP contribution < -0.4 is 10.1 Å². The number of amides is 1. The fraction of sp³-hybridized carbons (Fsp3) is 0.360. The highest BCUT2D eigenvalue weighted by Crippen LogP contribution is 2.27. The molecule has 0 aliphatic rings. The van der Waals surface area contributed by atoms with Crippen molar-refractivity contribution >= 4 is 22.8 Å². The average molecular weight is 441 g/mol. The van der Waals surface area contributed by atoms with Gasteiger partial charge in [0.1, 0.15) is 11.6 Å². The maximum absolute atomic E-state index is 14.1. The van der Waals surface area contributed by atoms with Gasteiger partial charge in [-0.15, -0.1) is 0 Å². The topological polar surface area (TPSA) is 91.4 Å². The number of aryl methyl sites for hydroxylation is 2. The zero-order chi connectivity index (χ0) is 23.1. The molecule has 0 atom stereocenters. The van der Waals surface area contributed by atoms with Crippen LogP contribution in [0, 0.1) is 19.7 Å². The zero-order valence-corrected chi connectivity index (χ0v) is 18.5. The molecule has 7 heteroatoms. The molecule has 0 saturated carbocycles. The third kappa shape index (κ3) is 5.87. The van der Waals surface area contributed by atoms with Gasteiger partial charge in [-0.3, -0.25) is 9.59 Å². The lowest BCUT2D eigenvalue weighted by molar-refractivity contribution is -0.137. The Labute approximate surface area is 186 Å². The molecule has 0 aliphatic heterocycles. The number of rotatable bonds is 11. The Morgan fingerprint density at radius 3 is 2.53 bits per heavy atom. The van der Waals surface area contributed by atoms with Crippen molar-refractivity contribution in [3.63, 3.8) is 0 Å². The van der Waals surface area contributed by atoms with E-state index in [9.17, 15) is 14.0 Å². The average Bonchev–Trinajstić information content (AvgIpc) is 3.11. The highest BCUT2D eigenvalue weighted by Gasteiger charge is 2.14. The van der Waals surface area contributed by atoms with Gasteiger partial charge in [-0.05, 0) is 81.0 Å². The minimum absolute atomic E-state index is 0.175. The standard InChI is InChI=1S/C25H29FN2O4/c1-16-7-12-21(26)24-23(16)20(17(2)28-24)13-14-27-25(31)18-8-10-19(11-9-18)32-15-5-3-4-6-22(29)30/h7-12,28H,3-6,13-15H2,1-2H3,(H,27,31)(H,29,30). The molecular formula is C25H29FN2O4. The number of aromatic amines is 1. The molecule has 3 aromatic rings. The summed E-state index contributed by atoms with van der Waals surface area (Å²) in [6.07, 6.45) is 3.01. The van der Waals surface area contributed by atoms with Crippen LogP contribution in [0.3, 0.4) is 0 Å². The maximum atomic E-state index is 14.1. The summed E-state index contributed by atoms with van der Waals surface area (Å²) < 4.78 is 19.7. The van der Waals surface area contributed by atoms with Crippen LogP contribution in [0.1, 0.15) is 52.9 Å². The Morgan fingerprint density at radius 2 is 1.81 bits per heavy atom. The minimum atomic E-state index is -0.777. The molecule has 1 amide bonds. The van der Waals surface area contributed by atoms with Gasteiger partial charge in [0.25, 0.3) is 5.91 Å². The molecule has 0 spiro atoms. The Bertz CT molecular complexity index is 1090. The lowest BCUT2D eigenvalue weighted by Crippen LogP contribution is -2.25. The molecule has 0 saturated heterocycles. The molecule has 2 aromatic carbocycles. The van der Waals surface area contributed by atoms with E-state index in [4.69, 9.17) is 9.84 Å². The number of aromatic nitrogens is 1. The third-order valence-corrected chi connectivity index (χ3v) is 5.51. The number of hydrogen-bond acceptors (Lipinski definition) is 3. The van der Waals surface area contributed by atoms with Crippen molar-refractivity contribution in [1.29, 1.82) is 0 Å². The lowest BCUT2D eigenvalue weighted by Gasteiger charge is -2.09. The summed E-state index contributed by atoms with van der Waals surface area (Å²) in [6, 6.07) is 10.2. The van der Waals surface area contributed by atoms with Crippen molar-refractivity contribution < 1.29 is 23.8 Å². The number of fused-ring (bicyclic) bond motifs is 1. The Morgan fingerprint density at radius 1 is 1.06 bits per heavy atom. The second kappa shape index (κ2) is 10.8. The highest BCUT2D eigenvalue weighted by atomic mass is 19.1. The largest absolute Gasteiger partial charge is 0.494 e. The Kier molecular flexibility index (Phi) is 7.87. The van der Waals surface area contributed by atoms with Crippen LogP contribution in [0.2, 0.25) is 0 Å². The van der Waals surface area contributed by atoms with Gasteiger partial charge in [0.15, 0.2) is 0 Å². The van der Waals surface area contributed by atoms with Crippen molar-refractivity contribution in [2.45, 2.75) is 46.0 Å². The summed E-state index contributed by atoms with van der Waals surface area (Å²) >= 11 is 0. The van der Waals surface area contributed by atoms with Gasteiger partial charge in [-0.1, -0.05) is 6.07 Å². The quantitative estimate of drug-likeness (QED) is 0.369. The summed E-state index contributed by atoms with van der Waals surface area (Å²) in [4.78, 5) is 26.1. The van der Waals surface area contributed by atoms with E-state index < -0.39 is 5.97 Å². The molecule has 170 valence electrons. The van der Waals surface area contributed by atoms with Crippen LogP contribution in [0.5, 0.6) is 5.75 Å². The first-order chi connectivity index (χ1) is 15.4. The van der Waals surface area contributed by atoms with Gasteiger partial charge in [0.05, 0.1) is 12.1 Å². The number of carbonyl (C=O) groups is 2. The van der Waals surface area contributed by atoms with E-state index in [-0.39, 0.29) is 18.1 Å². The van der Waals surface area contributed by atoms with Crippen LogP contribution in [-0.2, 0) is 11.2 Å². The van der Waals surface area contributed by atoms with Crippen LogP contribution in [0.25, 0.3) is 10.9 Å². The van der Waals surface area contributed by atoms with E-state index in [1.807, 2.05) is 13.8 Å². The number of nitrogens with one attached hydrogen (secondary N) is 2. The molecule has 1 heterocycles. The normalized spacial score (nSPS) is 11.0. The molecule has 3 N–H and O–H groups in total. The van der Waals surface area contributed by atoms with Crippen molar-refractivity contribution in [3.05, 3.63) is 64.6 Å². The van der Waals surface area contributed by atoms with E-state index in [1.165, 1.54) is 6.07 Å². The minimum Gasteiger partial charge on any atom is -0.494 e. The van der Waals surface area contributed by atoms with E-state index >= 15 is 0 Å². The third-order valence-electron chi connectivity index (χ3n) is 5.51. The predicted octanol–water partition coefficient (Wildman–Crippen LogP) is 4.92. The molecule has 1 aromatic heterocycles. The first kappa shape index (κ1) is 23.3. The molecule has 0 aliphatic carbocycles. The van der Waals surface area contributed by atoms with E-state index in [2.05, 4.69) is 10.3 Å². The fourth-order valence-corrected chi connectivity index (χ4v) is 3.81. The number of halogens is 1. The molecular weight excluding hydrogens is 411 g/mol. The monoisotopic (exact) mass is 440 g/mol. The number of carboxylic acid groups (broad SMARTS) is 1. The fourth-order valence-electron chi connectivity index (χ4n) is 3.81. The van der Waals surface area contributed by atoms with Gasteiger partial charge >= 0.3 is 5.97 Å². The molecule has 0 bridgehead atoms. The smallest absolute Gasteiger partial charge is 0.303 e. The SMILES string of the molecule is Cc1[nH]c2c(F)ccc(C)c2c1CCNC(=O)c1ccc(OCCCCCC(=O)O)cc1. The van der Waals surface area contributed by atoms with Crippen molar-refractivity contribution in [3.8, 4) is 5.75 Å². The molecule has 0 fully saturated rings. The number of benzene rings is 2. The van der Waals surface area contributed by atoms with Gasteiger partial charge < -0.3 is 20.1 Å². The molecule has 0 radical (unpaired) electrons. The van der Waals surface area contributed by atoms with Crippen LogP contribution in [-0.4, -0.2) is 35.1 Å². The van der Waals surface area contributed by atoms with E-state index in [0.717, 1.165) is 35.0 Å². The lowest BCUT2D eigenvalue weighted by atomic mass is 10.0. The molecule has 3 rings (SSSR count). The van der Waals surface area contributed by atoms with E-state index in [1.54, 1.807) is 30.3 Å².